The van der Waals surface area contributed by atoms with Gasteiger partial charge in [-0.2, -0.15) is 0 Å². The van der Waals surface area contributed by atoms with Crippen LogP contribution in [0.3, 0.4) is 0 Å². The third-order valence-corrected chi connectivity index (χ3v) is 7.04. The zero-order valence-corrected chi connectivity index (χ0v) is 26.1. The van der Waals surface area contributed by atoms with Crippen LogP contribution in [0.25, 0.3) is 0 Å². The van der Waals surface area contributed by atoms with Gasteiger partial charge in [0.1, 0.15) is 19.3 Å². The summed E-state index contributed by atoms with van der Waals surface area (Å²) in [5, 5.41) is 7.97. The maximum absolute atomic E-state index is 11.9. The summed E-state index contributed by atoms with van der Waals surface area (Å²) in [6.07, 6.45) is 22.3. The summed E-state index contributed by atoms with van der Waals surface area (Å²) in [7, 11) is 1.46. The van der Waals surface area contributed by atoms with Crippen molar-refractivity contribution in [1.29, 1.82) is 0 Å². The number of nitrogens with one attached hydrogen (secondary N) is 3. The van der Waals surface area contributed by atoms with Crippen LogP contribution in [-0.2, 0) is 14.2 Å². The van der Waals surface area contributed by atoms with E-state index in [9.17, 15) is 14.4 Å². The van der Waals surface area contributed by atoms with Gasteiger partial charge in [0, 0.05) is 39.1 Å². The third kappa shape index (κ3) is 21.8. The standard InChI is InChI=1S/C32H56N4O6/c1-3-4-5-6-7-8-9-10-11-12-13-14-15-16-17-18-22-35-31(38)41-26-29(40-2)27-42-32(39)36-24-23-34-30(37)28-20-19-21-33-25-28/h19-21,25,29H,3-18,22-24,26-27H2,1-2H3,(H,34,37)(H,35,38)(H,36,39). The van der Waals surface area contributed by atoms with E-state index >= 15 is 0 Å². The molecule has 0 radical (unpaired) electrons. The van der Waals surface area contributed by atoms with Crippen LogP contribution in [0.15, 0.2) is 24.5 Å². The molecule has 0 bridgehead atoms. The molecule has 3 amide bonds. The van der Waals surface area contributed by atoms with Gasteiger partial charge in [0.05, 0.1) is 5.56 Å². The molecule has 1 heterocycles. The van der Waals surface area contributed by atoms with Gasteiger partial charge in [0.2, 0.25) is 0 Å². The molecule has 0 aliphatic carbocycles. The molecule has 0 saturated carbocycles. The van der Waals surface area contributed by atoms with E-state index in [1.54, 1.807) is 18.3 Å². The summed E-state index contributed by atoms with van der Waals surface area (Å²) in [6.45, 7) is 3.17. The summed E-state index contributed by atoms with van der Waals surface area (Å²) in [6, 6.07) is 3.32. The minimum Gasteiger partial charge on any atom is -0.447 e. The number of carbonyl (C=O) groups is 3. The van der Waals surface area contributed by atoms with Crippen molar-refractivity contribution in [1.82, 2.24) is 20.9 Å². The maximum Gasteiger partial charge on any atom is 0.407 e. The van der Waals surface area contributed by atoms with Crippen molar-refractivity contribution in [3.05, 3.63) is 30.1 Å². The van der Waals surface area contributed by atoms with E-state index in [0.717, 1.165) is 12.8 Å². The summed E-state index contributed by atoms with van der Waals surface area (Å²) in [4.78, 5) is 39.6. The summed E-state index contributed by atoms with van der Waals surface area (Å²) in [5.41, 5.74) is 0.442. The summed E-state index contributed by atoms with van der Waals surface area (Å²) >= 11 is 0. The van der Waals surface area contributed by atoms with Gasteiger partial charge in [-0.15, -0.1) is 0 Å². The van der Waals surface area contributed by atoms with Crippen molar-refractivity contribution in [3.63, 3.8) is 0 Å². The number of unbranched alkanes of at least 4 members (excludes halogenated alkanes) is 15. The van der Waals surface area contributed by atoms with Gasteiger partial charge in [0.25, 0.3) is 5.91 Å². The van der Waals surface area contributed by atoms with E-state index in [2.05, 4.69) is 27.9 Å². The Morgan fingerprint density at radius 3 is 1.64 bits per heavy atom. The van der Waals surface area contributed by atoms with Gasteiger partial charge in [0.15, 0.2) is 0 Å². The Hall–Kier alpha value is -2.88. The molecule has 1 atom stereocenters. The van der Waals surface area contributed by atoms with Crippen LogP contribution in [0.1, 0.15) is 120 Å². The van der Waals surface area contributed by atoms with Gasteiger partial charge in [-0.1, -0.05) is 103 Å². The lowest BCUT2D eigenvalue weighted by Crippen LogP contribution is -2.37. The van der Waals surface area contributed by atoms with Crippen LogP contribution in [0.5, 0.6) is 0 Å². The van der Waals surface area contributed by atoms with Crippen LogP contribution >= 0.6 is 0 Å². The van der Waals surface area contributed by atoms with Crippen molar-refractivity contribution in [2.24, 2.45) is 0 Å². The first kappa shape index (κ1) is 37.1. The van der Waals surface area contributed by atoms with Gasteiger partial charge < -0.3 is 30.2 Å². The molecular weight excluding hydrogens is 536 g/mol. The number of aromatic nitrogens is 1. The van der Waals surface area contributed by atoms with E-state index in [-0.39, 0.29) is 32.2 Å². The molecule has 10 heteroatoms. The lowest BCUT2D eigenvalue weighted by molar-refractivity contribution is -0.00443. The SMILES string of the molecule is CCCCCCCCCCCCCCCCCCNC(=O)OCC(COC(=O)NCCNC(=O)c1cccnc1)OC. The number of nitrogens with zero attached hydrogens (tertiary/aromatic N) is 1. The predicted molar refractivity (Wildman–Crippen MR) is 166 cm³/mol. The number of ether oxygens (including phenoxy) is 3. The van der Waals surface area contributed by atoms with Crippen molar-refractivity contribution in [3.8, 4) is 0 Å². The number of rotatable bonds is 26. The van der Waals surface area contributed by atoms with Crippen molar-refractivity contribution in [2.45, 2.75) is 116 Å². The first-order valence-electron chi connectivity index (χ1n) is 16.1. The molecule has 1 aromatic heterocycles. The number of hydrogen-bond acceptors (Lipinski definition) is 7. The fraction of sp³-hybridized carbons (Fsp3) is 0.750. The predicted octanol–water partition coefficient (Wildman–Crippen LogP) is 6.54. The van der Waals surface area contributed by atoms with Crippen molar-refractivity contribution < 1.29 is 28.6 Å². The second kappa shape index (κ2) is 27.0. The average molecular weight is 593 g/mol. The lowest BCUT2D eigenvalue weighted by Gasteiger charge is -2.16. The van der Waals surface area contributed by atoms with E-state index in [0.29, 0.717) is 12.1 Å². The topological polar surface area (TPSA) is 128 Å². The highest BCUT2D eigenvalue weighted by molar-refractivity contribution is 5.93. The Labute approximate surface area is 253 Å². The molecule has 1 aromatic rings. The number of hydrogen-bond donors (Lipinski definition) is 3. The number of amides is 3. The Morgan fingerprint density at radius 1 is 0.690 bits per heavy atom. The highest BCUT2D eigenvalue weighted by Gasteiger charge is 2.14. The molecule has 0 aliphatic heterocycles. The Bertz CT molecular complexity index is 811. The van der Waals surface area contributed by atoms with Gasteiger partial charge in [-0.25, -0.2) is 9.59 Å². The summed E-state index contributed by atoms with van der Waals surface area (Å²) < 4.78 is 15.5. The van der Waals surface area contributed by atoms with Crippen LogP contribution in [0.4, 0.5) is 9.59 Å². The minimum atomic E-state index is -0.652. The Kier molecular flexibility index (Phi) is 23.9. The molecule has 0 aliphatic rings. The van der Waals surface area contributed by atoms with Crippen LogP contribution in [-0.4, -0.2) is 69.1 Å². The Morgan fingerprint density at radius 2 is 1.17 bits per heavy atom. The first-order valence-corrected chi connectivity index (χ1v) is 16.1. The molecule has 0 spiro atoms. The lowest BCUT2D eigenvalue weighted by atomic mass is 10.0. The Balaban J connectivity index is 1.90. The van der Waals surface area contributed by atoms with Crippen molar-refractivity contribution >= 4 is 18.1 Å². The first-order chi connectivity index (χ1) is 20.6. The molecule has 42 heavy (non-hydrogen) atoms. The zero-order valence-electron chi connectivity index (χ0n) is 26.1. The van der Waals surface area contributed by atoms with Crippen LogP contribution in [0.2, 0.25) is 0 Å². The third-order valence-electron chi connectivity index (χ3n) is 7.04. The van der Waals surface area contributed by atoms with Crippen molar-refractivity contribution in [2.75, 3.05) is 40.0 Å². The van der Waals surface area contributed by atoms with Gasteiger partial charge >= 0.3 is 12.2 Å². The molecule has 0 fully saturated rings. The number of alkyl carbamates (subject to hydrolysis) is 2. The molecule has 10 nitrogen and oxygen atoms in total. The fourth-order valence-electron chi connectivity index (χ4n) is 4.43. The maximum atomic E-state index is 11.9. The highest BCUT2D eigenvalue weighted by atomic mass is 16.6. The highest BCUT2D eigenvalue weighted by Crippen LogP contribution is 2.13. The van der Waals surface area contributed by atoms with E-state index in [1.807, 2.05) is 0 Å². The normalized spacial score (nSPS) is 11.5. The van der Waals surface area contributed by atoms with E-state index < -0.39 is 18.3 Å². The van der Waals surface area contributed by atoms with Gasteiger partial charge in [-0.05, 0) is 18.6 Å². The second-order valence-corrected chi connectivity index (χ2v) is 10.7. The summed E-state index contributed by atoms with van der Waals surface area (Å²) in [5.74, 6) is -0.275. The molecule has 0 saturated heterocycles. The fourth-order valence-corrected chi connectivity index (χ4v) is 4.43. The van der Waals surface area contributed by atoms with Crippen LogP contribution in [0, 0.1) is 0 Å². The van der Waals surface area contributed by atoms with Gasteiger partial charge in [-0.3, -0.25) is 9.78 Å². The van der Waals surface area contributed by atoms with E-state index in [4.69, 9.17) is 14.2 Å². The van der Waals surface area contributed by atoms with Crippen LogP contribution < -0.4 is 16.0 Å². The molecule has 240 valence electrons. The number of pyridine rings is 1. The average Bonchev–Trinajstić information content (AvgIpc) is 3.01. The number of methoxy groups -OCH3 is 1. The molecule has 3 N–H and O–H groups in total. The smallest absolute Gasteiger partial charge is 0.407 e. The number of carbonyl (C=O) groups excluding carboxylic acids is 3. The monoisotopic (exact) mass is 592 g/mol. The largest absolute Gasteiger partial charge is 0.447 e. The quantitative estimate of drug-likeness (QED) is 0.104. The molecular formula is C32H56N4O6. The minimum absolute atomic E-state index is 0.0320. The zero-order chi connectivity index (χ0) is 30.5. The molecule has 1 unspecified atom stereocenters. The second-order valence-electron chi connectivity index (χ2n) is 10.7. The molecule has 0 aromatic carbocycles. The van der Waals surface area contributed by atoms with E-state index in [1.165, 1.54) is 103 Å². The molecule has 1 rings (SSSR count).